The normalized spacial score (nSPS) is 27.8. The molecule has 1 aliphatic rings. The average molecular weight is 126 g/mol. The Bertz CT molecular complexity index is 86.9. The lowest BCUT2D eigenvalue weighted by atomic mass is 10.2. The highest BCUT2D eigenvalue weighted by Crippen LogP contribution is 2.00. The fourth-order valence-electron chi connectivity index (χ4n) is 0.923. The van der Waals surface area contributed by atoms with Crippen LogP contribution in [0.15, 0.2) is 6.08 Å². The Labute approximate surface area is 55.9 Å². The summed E-state index contributed by atoms with van der Waals surface area (Å²) in [6.45, 7) is 7.96. The van der Waals surface area contributed by atoms with Crippen LogP contribution in [0.4, 0.5) is 0 Å². The molecule has 0 amide bonds. The van der Waals surface area contributed by atoms with E-state index in [2.05, 4.69) is 5.32 Å². The Kier molecular flexibility index (Phi) is 2.74. The van der Waals surface area contributed by atoms with Crippen molar-refractivity contribution in [2.45, 2.75) is 12.5 Å². The number of nitrogens with one attached hydrogen (secondary N) is 1. The van der Waals surface area contributed by atoms with Crippen LogP contribution in [-0.4, -0.2) is 25.8 Å². The number of hydrogen-bond donors (Lipinski definition) is 1. The zero-order valence-electron chi connectivity index (χ0n) is 5.47. The fraction of sp³-hybridized carbons (Fsp3) is 0.714. The first-order valence-corrected chi connectivity index (χ1v) is 3.29. The standard InChI is InChI=1S/C7H12NO/c1-2-3-7-6-8-4-5-9-7/h1-2,7-8H,3-6H2. The van der Waals surface area contributed by atoms with Crippen molar-refractivity contribution in [1.82, 2.24) is 5.32 Å². The van der Waals surface area contributed by atoms with E-state index in [9.17, 15) is 0 Å². The van der Waals surface area contributed by atoms with E-state index in [0.29, 0.717) is 6.10 Å². The Morgan fingerprint density at radius 1 is 1.78 bits per heavy atom. The monoisotopic (exact) mass is 126 g/mol. The van der Waals surface area contributed by atoms with Crippen LogP contribution >= 0.6 is 0 Å². The molecule has 1 unspecified atom stereocenters. The molecule has 0 aromatic carbocycles. The van der Waals surface area contributed by atoms with E-state index in [4.69, 9.17) is 11.3 Å². The molecule has 0 saturated carbocycles. The smallest absolute Gasteiger partial charge is 0.0734 e. The third kappa shape index (κ3) is 2.16. The van der Waals surface area contributed by atoms with Gasteiger partial charge < -0.3 is 10.1 Å². The maximum Gasteiger partial charge on any atom is 0.0734 e. The van der Waals surface area contributed by atoms with E-state index in [1.807, 2.05) is 0 Å². The molecule has 0 spiro atoms. The Balaban J connectivity index is 2.15. The summed E-state index contributed by atoms with van der Waals surface area (Å²) in [5, 5.41) is 3.22. The molecule has 0 bridgehead atoms. The number of morpholine rings is 1. The lowest BCUT2D eigenvalue weighted by molar-refractivity contribution is 0.0309. The molecule has 1 saturated heterocycles. The SMILES string of the molecule is [CH]=CCC1CNCCO1. The lowest BCUT2D eigenvalue weighted by Gasteiger charge is -2.21. The van der Waals surface area contributed by atoms with Gasteiger partial charge in [0.05, 0.1) is 12.7 Å². The molecule has 9 heavy (non-hydrogen) atoms. The van der Waals surface area contributed by atoms with Gasteiger partial charge in [0.1, 0.15) is 0 Å². The molecule has 51 valence electrons. The van der Waals surface area contributed by atoms with Crippen LogP contribution in [0.1, 0.15) is 6.42 Å². The van der Waals surface area contributed by atoms with Crippen molar-refractivity contribution in [2.24, 2.45) is 0 Å². The average Bonchev–Trinajstić information content (AvgIpc) is 1.91. The summed E-state index contributed by atoms with van der Waals surface area (Å²) in [4.78, 5) is 0. The summed E-state index contributed by atoms with van der Waals surface area (Å²) in [6.07, 6.45) is 2.81. The van der Waals surface area contributed by atoms with Crippen molar-refractivity contribution in [3.05, 3.63) is 12.7 Å². The molecule has 0 aliphatic carbocycles. The van der Waals surface area contributed by atoms with Crippen molar-refractivity contribution in [1.29, 1.82) is 0 Å². The maximum absolute atomic E-state index is 5.34. The van der Waals surface area contributed by atoms with Crippen LogP contribution in [0.2, 0.25) is 0 Å². The molecule has 1 radical (unpaired) electrons. The molecule has 1 N–H and O–H groups in total. The van der Waals surface area contributed by atoms with Gasteiger partial charge >= 0.3 is 0 Å². The van der Waals surface area contributed by atoms with Gasteiger partial charge in [0.15, 0.2) is 0 Å². The summed E-state index contributed by atoms with van der Waals surface area (Å²) in [5.74, 6) is 0. The van der Waals surface area contributed by atoms with Crippen molar-refractivity contribution in [2.75, 3.05) is 19.7 Å². The summed E-state index contributed by atoms with van der Waals surface area (Å²) >= 11 is 0. The molecule has 1 fully saturated rings. The Hall–Kier alpha value is -0.340. The van der Waals surface area contributed by atoms with Gasteiger partial charge in [0.25, 0.3) is 0 Å². The number of hydrogen-bond acceptors (Lipinski definition) is 2. The van der Waals surface area contributed by atoms with Gasteiger partial charge in [-0.1, -0.05) is 12.7 Å². The molecular weight excluding hydrogens is 114 g/mol. The summed E-state index contributed by atoms with van der Waals surface area (Å²) in [7, 11) is 0. The van der Waals surface area contributed by atoms with Gasteiger partial charge in [-0.3, -0.25) is 0 Å². The highest BCUT2D eigenvalue weighted by molar-refractivity contribution is 4.75. The molecule has 1 aliphatic heterocycles. The van der Waals surface area contributed by atoms with Crippen molar-refractivity contribution in [3.8, 4) is 0 Å². The highest BCUT2D eigenvalue weighted by Gasteiger charge is 2.09. The van der Waals surface area contributed by atoms with Gasteiger partial charge in [0.2, 0.25) is 0 Å². The third-order valence-corrected chi connectivity index (χ3v) is 1.40. The fourth-order valence-corrected chi connectivity index (χ4v) is 0.923. The first-order chi connectivity index (χ1) is 4.43. The summed E-state index contributed by atoms with van der Waals surface area (Å²) < 4.78 is 5.34. The zero-order chi connectivity index (χ0) is 6.53. The van der Waals surface area contributed by atoms with Crippen molar-refractivity contribution >= 4 is 0 Å². The Morgan fingerprint density at radius 2 is 2.67 bits per heavy atom. The van der Waals surface area contributed by atoms with Crippen LogP contribution in [0.3, 0.4) is 0 Å². The minimum absolute atomic E-state index is 0.309. The number of ether oxygens (including phenoxy) is 1. The minimum Gasteiger partial charge on any atom is -0.375 e. The maximum atomic E-state index is 5.34. The van der Waals surface area contributed by atoms with Crippen LogP contribution in [0, 0.1) is 6.58 Å². The second-order valence-electron chi connectivity index (χ2n) is 2.17. The van der Waals surface area contributed by atoms with Gasteiger partial charge in [-0.05, 0) is 6.42 Å². The van der Waals surface area contributed by atoms with Crippen molar-refractivity contribution in [3.63, 3.8) is 0 Å². The molecule has 1 atom stereocenters. The summed E-state index contributed by atoms with van der Waals surface area (Å²) in [6, 6.07) is 0. The zero-order valence-corrected chi connectivity index (χ0v) is 5.47. The van der Waals surface area contributed by atoms with Crippen LogP contribution in [-0.2, 0) is 4.74 Å². The van der Waals surface area contributed by atoms with E-state index >= 15 is 0 Å². The van der Waals surface area contributed by atoms with E-state index in [-0.39, 0.29) is 0 Å². The lowest BCUT2D eigenvalue weighted by Crippen LogP contribution is -2.38. The second kappa shape index (κ2) is 3.64. The van der Waals surface area contributed by atoms with Gasteiger partial charge in [-0.15, -0.1) is 0 Å². The second-order valence-corrected chi connectivity index (χ2v) is 2.17. The summed E-state index contributed by atoms with van der Waals surface area (Å²) in [5.41, 5.74) is 0. The highest BCUT2D eigenvalue weighted by atomic mass is 16.5. The molecule has 0 aromatic heterocycles. The predicted octanol–water partition coefficient (Wildman–Crippen LogP) is 0.354. The molecular formula is C7H12NO. The van der Waals surface area contributed by atoms with E-state index in [1.54, 1.807) is 6.08 Å². The third-order valence-electron chi connectivity index (χ3n) is 1.40. The van der Waals surface area contributed by atoms with E-state index in [0.717, 1.165) is 26.1 Å². The quantitative estimate of drug-likeness (QED) is 0.576. The molecule has 0 aromatic rings. The molecule has 2 heteroatoms. The van der Waals surface area contributed by atoms with Crippen LogP contribution in [0.25, 0.3) is 0 Å². The molecule has 2 nitrogen and oxygen atoms in total. The number of rotatable bonds is 2. The molecule has 1 rings (SSSR count). The van der Waals surface area contributed by atoms with Crippen LogP contribution < -0.4 is 5.32 Å². The Morgan fingerprint density at radius 3 is 3.22 bits per heavy atom. The van der Waals surface area contributed by atoms with Crippen LogP contribution in [0.5, 0.6) is 0 Å². The van der Waals surface area contributed by atoms with E-state index < -0.39 is 0 Å². The first-order valence-electron chi connectivity index (χ1n) is 3.29. The first kappa shape index (κ1) is 6.78. The van der Waals surface area contributed by atoms with Gasteiger partial charge in [-0.2, -0.15) is 0 Å². The topological polar surface area (TPSA) is 21.3 Å². The van der Waals surface area contributed by atoms with Crippen molar-refractivity contribution < 1.29 is 4.74 Å². The predicted molar refractivity (Wildman–Crippen MR) is 36.1 cm³/mol. The van der Waals surface area contributed by atoms with E-state index in [1.165, 1.54) is 0 Å². The van der Waals surface area contributed by atoms with Gasteiger partial charge in [0, 0.05) is 13.1 Å². The molecule has 1 heterocycles. The minimum atomic E-state index is 0.309. The van der Waals surface area contributed by atoms with Gasteiger partial charge in [-0.25, -0.2) is 0 Å². The largest absolute Gasteiger partial charge is 0.375 e.